The fourth-order valence-corrected chi connectivity index (χ4v) is 3.96. The van der Waals surface area contributed by atoms with Crippen LogP contribution in [0.2, 0.25) is 0 Å². The lowest BCUT2D eigenvalue weighted by atomic mass is 9.94. The molecule has 1 saturated heterocycles. The number of aryl methyl sites for hydroxylation is 1. The summed E-state index contributed by atoms with van der Waals surface area (Å²) in [4.78, 5) is 22.7. The highest BCUT2D eigenvalue weighted by atomic mass is 16.5. The largest absolute Gasteiger partial charge is 0.496 e. The van der Waals surface area contributed by atoms with Gasteiger partial charge in [-0.2, -0.15) is 0 Å². The molecule has 0 unspecified atom stereocenters. The number of rotatable bonds is 5. The quantitative estimate of drug-likeness (QED) is 0.748. The number of carbonyl (C=O) groups is 1. The Morgan fingerprint density at radius 3 is 3.04 bits per heavy atom. The van der Waals surface area contributed by atoms with Crippen molar-refractivity contribution in [2.45, 2.75) is 31.6 Å². The van der Waals surface area contributed by atoms with Gasteiger partial charge in [-0.1, -0.05) is 18.2 Å². The number of hydrogen-bond donors (Lipinski definition) is 1. The Balaban J connectivity index is 1.40. The summed E-state index contributed by atoms with van der Waals surface area (Å²) in [6, 6.07) is 14.0. The smallest absolute Gasteiger partial charge is 0.222 e. The first kappa shape index (κ1) is 17.6. The second kappa shape index (κ2) is 7.82. The summed E-state index contributed by atoms with van der Waals surface area (Å²) in [5, 5.41) is 0. The fourth-order valence-electron chi connectivity index (χ4n) is 3.96. The third kappa shape index (κ3) is 3.82. The van der Waals surface area contributed by atoms with Crippen molar-refractivity contribution in [2.24, 2.45) is 0 Å². The van der Waals surface area contributed by atoms with Gasteiger partial charge >= 0.3 is 0 Å². The zero-order chi connectivity index (χ0) is 18.6. The highest BCUT2D eigenvalue weighted by Gasteiger charge is 2.25. The highest BCUT2D eigenvalue weighted by molar-refractivity contribution is 5.77. The number of fused-ring (bicyclic) bond motifs is 1. The van der Waals surface area contributed by atoms with Crippen molar-refractivity contribution >= 4 is 16.9 Å². The van der Waals surface area contributed by atoms with E-state index in [-0.39, 0.29) is 5.91 Å². The van der Waals surface area contributed by atoms with Gasteiger partial charge in [0.15, 0.2) is 0 Å². The molecule has 0 radical (unpaired) electrons. The molecule has 1 aromatic carbocycles. The molecular formula is C22H25N3O2. The van der Waals surface area contributed by atoms with Crippen LogP contribution in [0.3, 0.4) is 0 Å². The van der Waals surface area contributed by atoms with Gasteiger partial charge in [-0.25, -0.2) is 0 Å². The van der Waals surface area contributed by atoms with E-state index in [0.29, 0.717) is 18.8 Å². The predicted octanol–water partition coefficient (Wildman–Crippen LogP) is 3.91. The minimum Gasteiger partial charge on any atom is -0.496 e. The molecule has 1 atom stereocenters. The molecule has 1 fully saturated rings. The molecule has 3 heterocycles. The molecule has 1 aliphatic heterocycles. The van der Waals surface area contributed by atoms with Crippen LogP contribution in [0.15, 0.2) is 48.7 Å². The average Bonchev–Trinajstić information content (AvgIpc) is 3.16. The second-order valence-corrected chi connectivity index (χ2v) is 7.15. The molecule has 1 N–H and O–H groups in total. The van der Waals surface area contributed by atoms with E-state index in [1.165, 1.54) is 5.69 Å². The molecule has 3 aromatic rings. The first-order valence-corrected chi connectivity index (χ1v) is 9.58. The van der Waals surface area contributed by atoms with Gasteiger partial charge in [0.1, 0.15) is 5.75 Å². The number of ether oxygens (including phenoxy) is 1. The number of piperidine rings is 1. The van der Waals surface area contributed by atoms with Gasteiger partial charge in [0, 0.05) is 37.3 Å². The van der Waals surface area contributed by atoms with E-state index in [1.54, 1.807) is 7.11 Å². The number of amides is 1. The standard InChI is InChI=1S/C22H25N3O2/c1-27-21-9-3-2-6-16(21)10-11-22(26)25-13-5-7-17(15-25)19-14-20-18(24-19)8-4-12-23-20/h2-4,6,8-9,12,14,17,24H,5,7,10-11,13,15H2,1H3/t17-/m0/s1. The Kier molecular flexibility index (Phi) is 5.10. The molecule has 140 valence electrons. The maximum atomic E-state index is 12.8. The van der Waals surface area contributed by atoms with E-state index >= 15 is 0 Å². The molecular weight excluding hydrogens is 338 g/mol. The van der Waals surface area contributed by atoms with E-state index in [4.69, 9.17) is 4.74 Å². The Labute approximate surface area is 159 Å². The number of nitrogens with one attached hydrogen (secondary N) is 1. The molecule has 0 saturated carbocycles. The lowest BCUT2D eigenvalue weighted by Gasteiger charge is -2.32. The van der Waals surface area contributed by atoms with Gasteiger partial charge in [-0.05, 0) is 49.1 Å². The number of hydrogen-bond acceptors (Lipinski definition) is 3. The number of nitrogens with zero attached hydrogens (tertiary/aromatic N) is 2. The van der Waals surface area contributed by atoms with Gasteiger partial charge in [0.05, 0.1) is 18.1 Å². The van der Waals surface area contributed by atoms with E-state index in [2.05, 4.69) is 16.0 Å². The zero-order valence-corrected chi connectivity index (χ0v) is 15.6. The van der Waals surface area contributed by atoms with Gasteiger partial charge < -0.3 is 14.6 Å². The SMILES string of the molecule is COc1ccccc1CCC(=O)N1CCC[C@H](c2cc3ncccc3[nH]2)C1. The van der Waals surface area contributed by atoms with Crippen molar-refractivity contribution in [2.75, 3.05) is 20.2 Å². The van der Waals surface area contributed by atoms with Crippen molar-refractivity contribution in [3.8, 4) is 5.75 Å². The molecule has 1 aliphatic rings. The molecule has 5 heteroatoms. The lowest BCUT2D eigenvalue weighted by molar-refractivity contribution is -0.132. The third-order valence-electron chi connectivity index (χ3n) is 5.42. The summed E-state index contributed by atoms with van der Waals surface area (Å²) in [5.74, 6) is 1.43. The van der Waals surface area contributed by atoms with Crippen LogP contribution in [0.5, 0.6) is 5.75 Å². The molecule has 27 heavy (non-hydrogen) atoms. The number of benzene rings is 1. The van der Waals surface area contributed by atoms with E-state index in [9.17, 15) is 4.79 Å². The van der Waals surface area contributed by atoms with E-state index in [0.717, 1.165) is 48.3 Å². The van der Waals surface area contributed by atoms with Crippen molar-refractivity contribution < 1.29 is 9.53 Å². The molecule has 0 spiro atoms. The first-order valence-electron chi connectivity index (χ1n) is 9.58. The minimum atomic E-state index is 0.222. The van der Waals surface area contributed by atoms with Gasteiger partial charge in [0.25, 0.3) is 0 Å². The average molecular weight is 363 g/mol. The van der Waals surface area contributed by atoms with Gasteiger partial charge in [0.2, 0.25) is 5.91 Å². The van der Waals surface area contributed by atoms with Crippen molar-refractivity contribution in [3.63, 3.8) is 0 Å². The van der Waals surface area contributed by atoms with E-state index < -0.39 is 0 Å². The van der Waals surface area contributed by atoms with Crippen molar-refractivity contribution in [1.82, 2.24) is 14.9 Å². The molecule has 5 nitrogen and oxygen atoms in total. The summed E-state index contributed by atoms with van der Waals surface area (Å²) >= 11 is 0. The molecule has 0 bridgehead atoms. The lowest BCUT2D eigenvalue weighted by Crippen LogP contribution is -2.39. The Bertz CT molecular complexity index is 901. The van der Waals surface area contributed by atoms with E-state index in [1.807, 2.05) is 47.5 Å². The number of carbonyl (C=O) groups excluding carboxylic acids is 1. The Hall–Kier alpha value is -2.82. The first-order chi connectivity index (χ1) is 13.2. The number of H-pyrrole nitrogens is 1. The summed E-state index contributed by atoms with van der Waals surface area (Å²) in [6.07, 6.45) is 5.17. The number of pyridine rings is 1. The topological polar surface area (TPSA) is 58.2 Å². The molecule has 2 aromatic heterocycles. The number of aromatic amines is 1. The summed E-state index contributed by atoms with van der Waals surface area (Å²) in [6.45, 7) is 1.62. The van der Waals surface area contributed by atoms with Gasteiger partial charge in [-0.3, -0.25) is 9.78 Å². The minimum absolute atomic E-state index is 0.222. The number of aromatic nitrogens is 2. The van der Waals surface area contributed by atoms with Crippen LogP contribution in [0.1, 0.15) is 36.4 Å². The Morgan fingerprint density at radius 1 is 1.30 bits per heavy atom. The number of para-hydroxylation sites is 1. The van der Waals surface area contributed by atoms with Crippen LogP contribution >= 0.6 is 0 Å². The van der Waals surface area contributed by atoms with Crippen LogP contribution in [0, 0.1) is 0 Å². The molecule has 0 aliphatic carbocycles. The zero-order valence-electron chi connectivity index (χ0n) is 15.6. The number of methoxy groups -OCH3 is 1. The monoisotopic (exact) mass is 363 g/mol. The van der Waals surface area contributed by atoms with Crippen LogP contribution in [-0.4, -0.2) is 41.0 Å². The third-order valence-corrected chi connectivity index (χ3v) is 5.42. The fraction of sp³-hybridized carbons (Fsp3) is 0.364. The number of likely N-dealkylation sites (tertiary alicyclic amines) is 1. The second-order valence-electron chi connectivity index (χ2n) is 7.15. The summed E-state index contributed by atoms with van der Waals surface area (Å²) < 4.78 is 5.39. The van der Waals surface area contributed by atoms with Crippen molar-refractivity contribution in [1.29, 1.82) is 0 Å². The van der Waals surface area contributed by atoms with Crippen molar-refractivity contribution in [3.05, 3.63) is 59.9 Å². The maximum Gasteiger partial charge on any atom is 0.222 e. The van der Waals surface area contributed by atoms with Crippen LogP contribution in [-0.2, 0) is 11.2 Å². The normalized spacial score (nSPS) is 17.2. The van der Waals surface area contributed by atoms with Crippen LogP contribution < -0.4 is 4.74 Å². The molecule has 4 rings (SSSR count). The van der Waals surface area contributed by atoms with Crippen LogP contribution in [0.4, 0.5) is 0 Å². The summed E-state index contributed by atoms with van der Waals surface area (Å²) in [7, 11) is 1.67. The van der Waals surface area contributed by atoms with Gasteiger partial charge in [-0.15, -0.1) is 0 Å². The predicted molar refractivity (Wildman–Crippen MR) is 106 cm³/mol. The Morgan fingerprint density at radius 2 is 2.19 bits per heavy atom. The summed E-state index contributed by atoms with van der Waals surface area (Å²) in [5.41, 5.74) is 4.33. The molecule has 1 amide bonds. The van der Waals surface area contributed by atoms with Crippen LogP contribution in [0.25, 0.3) is 11.0 Å². The maximum absolute atomic E-state index is 12.8. The highest BCUT2D eigenvalue weighted by Crippen LogP contribution is 2.29.